The molecule has 31 heavy (non-hydrogen) atoms. The Bertz CT molecular complexity index is 1300. The fraction of sp³-hybridized carbons (Fsp3) is 0.0417. The highest BCUT2D eigenvalue weighted by Gasteiger charge is 2.16. The minimum atomic E-state index is -0.0731. The number of hydrogen-bond donors (Lipinski definition) is 1. The molecule has 156 valence electrons. The van der Waals surface area contributed by atoms with E-state index in [1.165, 1.54) is 11.8 Å². The van der Waals surface area contributed by atoms with Crippen molar-refractivity contribution in [2.75, 3.05) is 0 Å². The third-order valence-corrected chi connectivity index (χ3v) is 7.09. The average molecular weight is 552 g/mol. The third-order valence-electron chi connectivity index (χ3n) is 4.69. The molecule has 4 aromatic rings. The zero-order chi connectivity index (χ0) is 22.0. The predicted molar refractivity (Wildman–Crippen MR) is 138 cm³/mol. The van der Waals surface area contributed by atoms with Crippen molar-refractivity contribution in [2.45, 2.75) is 5.75 Å². The number of Topliss-reactive ketones (excluding diaryl/α,β-unsaturated/α-hetero) is 1. The van der Waals surface area contributed by atoms with Gasteiger partial charge in [-0.25, -0.2) is 0 Å². The van der Waals surface area contributed by atoms with E-state index in [9.17, 15) is 4.79 Å². The molecule has 0 radical (unpaired) electrons. The lowest BCUT2D eigenvalue weighted by atomic mass is 10.1. The Morgan fingerprint density at radius 2 is 1.71 bits per heavy atom. The molecule has 0 spiro atoms. The first kappa shape index (κ1) is 22.5. The molecule has 0 bridgehead atoms. The van der Waals surface area contributed by atoms with Crippen LogP contribution in [-0.4, -0.2) is 10.8 Å². The van der Waals surface area contributed by atoms with E-state index >= 15 is 0 Å². The second kappa shape index (κ2) is 9.85. The third kappa shape index (κ3) is 5.39. The molecule has 0 saturated heterocycles. The summed E-state index contributed by atoms with van der Waals surface area (Å²) >= 11 is 23.3. The molecule has 0 fully saturated rings. The fourth-order valence-electron chi connectivity index (χ4n) is 3.09. The number of aromatic nitrogens is 1. The first-order valence-electron chi connectivity index (χ1n) is 9.26. The summed E-state index contributed by atoms with van der Waals surface area (Å²) in [5, 5.41) is 2.77. The van der Waals surface area contributed by atoms with Crippen LogP contribution in [0.4, 0.5) is 0 Å². The van der Waals surface area contributed by atoms with E-state index in [0.717, 1.165) is 26.5 Å². The minimum absolute atomic E-state index is 0.0731. The maximum Gasteiger partial charge on any atom is 0.199 e. The zero-order valence-corrected chi connectivity index (χ0v) is 20.6. The number of hydrogen-bond acceptors (Lipinski definition) is 2. The Morgan fingerprint density at radius 1 is 0.968 bits per heavy atom. The van der Waals surface area contributed by atoms with Crippen molar-refractivity contribution in [2.24, 2.45) is 0 Å². The SMILES string of the molecule is O=C(/C(=C\c1c[nH]c2ccc(Br)cc12)SCc1ccc(Cl)cc1Cl)c1ccc(Cl)cc1. The van der Waals surface area contributed by atoms with Crippen LogP contribution in [0.25, 0.3) is 17.0 Å². The fourth-order valence-corrected chi connectivity index (χ4v) is 5.15. The normalized spacial score (nSPS) is 11.8. The molecule has 0 saturated carbocycles. The summed E-state index contributed by atoms with van der Waals surface area (Å²) in [7, 11) is 0. The van der Waals surface area contributed by atoms with Crippen LogP contribution in [-0.2, 0) is 5.75 Å². The lowest BCUT2D eigenvalue weighted by molar-refractivity contribution is 0.104. The lowest BCUT2D eigenvalue weighted by Crippen LogP contribution is -2.01. The van der Waals surface area contributed by atoms with Crippen molar-refractivity contribution >= 4 is 85.3 Å². The number of carbonyl (C=O) groups excluding carboxylic acids is 1. The van der Waals surface area contributed by atoms with Crippen LogP contribution in [0.15, 0.2) is 76.2 Å². The van der Waals surface area contributed by atoms with Crippen LogP contribution < -0.4 is 0 Å². The lowest BCUT2D eigenvalue weighted by Gasteiger charge is -2.09. The number of aromatic amines is 1. The zero-order valence-electron chi connectivity index (χ0n) is 16.0. The van der Waals surface area contributed by atoms with E-state index in [1.807, 2.05) is 36.5 Å². The molecule has 1 heterocycles. The van der Waals surface area contributed by atoms with E-state index in [4.69, 9.17) is 34.8 Å². The summed E-state index contributed by atoms with van der Waals surface area (Å²) in [6.45, 7) is 0. The van der Waals surface area contributed by atoms with Crippen LogP contribution in [0.5, 0.6) is 0 Å². The number of ketones is 1. The molecular formula is C24H15BrCl3NOS. The van der Waals surface area contributed by atoms with Gasteiger partial charge in [0.05, 0.1) is 4.91 Å². The van der Waals surface area contributed by atoms with Gasteiger partial charge in [-0.2, -0.15) is 0 Å². The van der Waals surface area contributed by atoms with Gasteiger partial charge in [0.1, 0.15) is 0 Å². The maximum absolute atomic E-state index is 13.3. The predicted octanol–water partition coefficient (Wildman–Crippen LogP) is 9.05. The molecule has 0 unspecified atom stereocenters. The summed E-state index contributed by atoms with van der Waals surface area (Å²) in [5.74, 6) is 0.462. The Balaban J connectivity index is 1.72. The van der Waals surface area contributed by atoms with Crippen molar-refractivity contribution in [3.8, 4) is 0 Å². The number of allylic oxidation sites excluding steroid dienone is 1. The maximum atomic E-state index is 13.3. The molecule has 0 atom stereocenters. The Hall–Kier alpha value is -1.69. The van der Waals surface area contributed by atoms with Crippen molar-refractivity contribution in [3.63, 3.8) is 0 Å². The molecule has 0 aliphatic rings. The molecule has 1 N–H and O–H groups in total. The first-order chi connectivity index (χ1) is 14.9. The molecular weight excluding hydrogens is 537 g/mol. The molecule has 0 aliphatic heterocycles. The smallest absolute Gasteiger partial charge is 0.199 e. The number of benzene rings is 3. The topological polar surface area (TPSA) is 32.9 Å². The second-order valence-electron chi connectivity index (χ2n) is 6.80. The van der Waals surface area contributed by atoms with E-state index in [0.29, 0.717) is 31.3 Å². The van der Waals surface area contributed by atoms with Gasteiger partial charge in [0.15, 0.2) is 5.78 Å². The van der Waals surface area contributed by atoms with Crippen molar-refractivity contribution in [3.05, 3.63) is 108 Å². The molecule has 0 amide bonds. The number of thioether (sulfide) groups is 1. The van der Waals surface area contributed by atoms with E-state index < -0.39 is 0 Å². The average Bonchev–Trinajstić information content (AvgIpc) is 3.14. The summed E-state index contributed by atoms with van der Waals surface area (Å²) < 4.78 is 0.973. The van der Waals surface area contributed by atoms with Gasteiger partial charge in [0.2, 0.25) is 0 Å². The second-order valence-corrected chi connectivity index (χ2v) is 10.0. The number of fused-ring (bicyclic) bond motifs is 1. The van der Waals surface area contributed by atoms with Crippen molar-refractivity contribution in [1.29, 1.82) is 0 Å². The number of H-pyrrole nitrogens is 1. The summed E-state index contributed by atoms with van der Waals surface area (Å²) in [5.41, 5.74) is 3.42. The highest BCUT2D eigenvalue weighted by atomic mass is 79.9. The summed E-state index contributed by atoms with van der Waals surface area (Å²) in [4.78, 5) is 17.2. The van der Waals surface area contributed by atoms with Gasteiger partial charge in [-0.05, 0) is 66.2 Å². The number of rotatable bonds is 6. The monoisotopic (exact) mass is 549 g/mol. The Morgan fingerprint density at radius 3 is 2.45 bits per heavy atom. The van der Waals surface area contributed by atoms with Gasteiger partial charge < -0.3 is 4.98 Å². The Kier molecular flexibility index (Phi) is 7.15. The standard InChI is InChI=1S/C24H15BrCl3NOS/c25-17-4-8-22-20(10-17)16(12-29-22)9-23(24(30)14-1-5-18(26)6-2-14)31-13-15-3-7-19(27)11-21(15)28/h1-12,29H,13H2/b23-9+. The van der Waals surface area contributed by atoms with Crippen LogP contribution in [0, 0.1) is 0 Å². The van der Waals surface area contributed by atoms with Crippen LogP contribution >= 0.6 is 62.5 Å². The molecule has 1 aromatic heterocycles. The van der Waals surface area contributed by atoms with Gasteiger partial charge in [-0.1, -0.05) is 56.8 Å². The van der Waals surface area contributed by atoms with E-state index in [2.05, 4.69) is 20.9 Å². The van der Waals surface area contributed by atoms with E-state index in [1.54, 1.807) is 36.4 Å². The molecule has 4 rings (SSSR count). The van der Waals surface area contributed by atoms with Crippen LogP contribution in [0.1, 0.15) is 21.5 Å². The Labute approximate surface area is 207 Å². The van der Waals surface area contributed by atoms with Crippen LogP contribution in [0.2, 0.25) is 15.1 Å². The van der Waals surface area contributed by atoms with Gasteiger partial charge >= 0.3 is 0 Å². The minimum Gasteiger partial charge on any atom is -0.361 e. The molecule has 2 nitrogen and oxygen atoms in total. The first-order valence-corrected chi connectivity index (χ1v) is 12.2. The molecule has 3 aromatic carbocycles. The highest BCUT2D eigenvalue weighted by Crippen LogP contribution is 2.33. The highest BCUT2D eigenvalue weighted by molar-refractivity contribution is 9.10. The van der Waals surface area contributed by atoms with Gasteiger partial charge in [-0.3, -0.25) is 4.79 Å². The number of carbonyl (C=O) groups is 1. The summed E-state index contributed by atoms with van der Waals surface area (Å²) in [6, 6.07) is 18.3. The largest absolute Gasteiger partial charge is 0.361 e. The van der Waals surface area contributed by atoms with Gasteiger partial charge in [-0.15, -0.1) is 11.8 Å². The molecule has 0 aliphatic carbocycles. The van der Waals surface area contributed by atoms with E-state index in [-0.39, 0.29) is 5.78 Å². The van der Waals surface area contributed by atoms with Crippen LogP contribution in [0.3, 0.4) is 0 Å². The summed E-state index contributed by atoms with van der Waals surface area (Å²) in [6.07, 6.45) is 3.82. The number of nitrogens with one attached hydrogen (secondary N) is 1. The van der Waals surface area contributed by atoms with Crippen molar-refractivity contribution in [1.82, 2.24) is 4.98 Å². The van der Waals surface area contributed by atoms with Gasteiger partial charge in [0.25, 0.3) is 0 Å². The molecule has 7 heteroatoms. The van der Waals surface area contributed by atoms with Gasteiger partial charge in [0, 0.05) is 53.5 Å². The number of halogens is 4. The quantitative estimate of drug-likeness (QED) is 0.192. The van der Waals surface area contributed by atoms with Crippen molar-refractivity contribution < 1.29 is 4.79 Å².